The molecule has 0 bridgehead atoms. The second-order valence-corrected chi connectivity index (χ2v) is 6.67. The Labute approximate surface area is 137 Å². The molecule has 1 aromatic heterocycles. The monoisotopic (exact) mass is 322 g/mol. The third-order valence-electron chi connectivity index (χ3n) is 4.24. The van der Waals surface area contributed by atoms with Crippen LogP contribution in [0.15, 0.2) is 5.16 Å². The fourth-order valence-electron chi connectivity index (χ4n) is 2.85. The summed E-state index contributed by atoms with van der Waals surface area (Å²) in [7, 11) is 2.12. The van der Waals surface area contributed by atoms with Gasteiger partial charge in [0.05, 0.1) is 0 Å². The van der Waals surface area contributed by atoms with Crippen LogP contribution in [-0.4, -0.2) is 65.2 Å². The number of carbonyl (C=O) groups excluding carboxylic acids is 1. The van der Waals surface area contributed by atoms with Gasteiger partial charge in [0.25, 0.3) is 0 Å². The van der Waals surface area contributed by atoms with Crippen molar-refractivity contribution in [1.29, 1.82) is 0 Å². The molecule has 0 aromatic carbocycles. The molecule has 6 heteroatoms. The van der Waals surface area contributed by atoms with Crippen LogP contribution in [0.25, 0.3) is 0 Å². The zero-order chi connectivity index (χ0) is 16.1. The van der Waals surface area contributed by atoms with Crippen molar-refractivity contribution in [2.45, 2.75) is 38.3 Å². The lowest BCUT2D eigenvalue weighted by molar-refractivity contribution is -0.131. The lowest BCUT2D eigenvalue weighted by Gasteiger charge is -2.21. The van der Waals surface area contributed by atoms with Crippen molar-refractivity contribution in [2.24, 2.45) is 0 Å². The van der Waals surface area contributed by atoms with E-state index in [0.717, 1.165) is 61.1 Å². The Balaban J connectivity index is 1.96. The molecule has 1 aliphatic heterocycles. The van der Waals surface area contributed by atoms with Crippen LogP contribution in [0.2, 0.25) is 0 Å². The molecule has 0 saturated carbocycles. The smallest absolute Gasteiger partial charge is 0.222 e. The number of rotatable bonds is 4. The predicted octanol–water partition coefficient (Wildman–Crippen LogP) is 1.91. The van der Waals surface area contributed by atoms with Crippen LogP contribution < -0.4 is 0 Å². The molecule has 5 nitrogen and oxygen atoms in total. The summed E-state index contributed by atoms with van der Waals surface area (Å²) < 4.78 is 0. The number of amides is 1. The second kappa shape index (κ2) is 7.92. The number of thioether (sulfide) groups is 1. The molecule has 1 saturated heterocycles. The maximum Gasteiger partial charge on any atom is 0.222 e. The quantitative estimate of drug-likeness (QED) is 0.626. The van der Waals surface area contributed by atoms with E-state index in [4.69, 9.17) is 0 Å². The molecule has 1 aliphatic rings. The SMILES string of the molecule is CSc1nc(C)c(CCC(=O)N2CCCN(C)CC2)c(C)n1. The first-order valence-electron chi connectivity index (χ1n) is 7.85. The first-order chi connectivity index (χ1) is 10.5. The second-order valence-electron chi connectivity index (χ2n) is 5.90. The van der Waals surface area contributed by atoms with Gasteiger partial charge in [-0.25, -0.2) is 9.97 Å². The minimum atomic E-state index is 0.253. The Hall–Kier alpha value is -1.14. The fraction of sp³-hybridized carbons (Fsp3) is 0.688. The maximum absolute atomic E-state index is 12.4. The average Bonchev–Trinajstić information content (AvgIpc) is 2.70. The number of likely N-dealkylation sites (N-methyl/N-ethyl adjacent to an activating group) is 1. The Morgan fingerprint density at radius 3 is 2.45 bits per heavy atom. The van der Waals surface area contributed by atoms with E-state index in [-0.39, 0.29) is 5.91 Å². The highest BCUT2D eigenvalue weighted by molar-refractivity contribution is 7.98. The summed E-state index contributed by atoms with van der Waals surface area (Å²) in [4.78, 5) is 25.7. The highest BCUT2D eigenvalue weighted by Gasteiger charge is 2.18. The van der Waals surface area contributed by atoms with Crippen LogP contribution in [0.1, 0.15) is 29.8 Å². The van der Waals surface area contributed by atoms with Crippen molar-refractivity contribution in [3.8, 4) is 0 Å². The van der Waals surface area contributed by atoms with Gasteiger partial charge in [-0.3, -0.25) is 4.79 Å². The van der Waals surface area contributed by atoms with Gasteiger partial charge in [0, 0.05) is 37.4 Å². The van der Waals surface area contributed by atoms with Crippen LogP contribution in [0.4, 0.5) is 0 Å². The van der Waals surface area contributed by atoms with Gasteiger partial charge >= 0.3 is 0 Å². The Morgan fingerprint density at radius 2 is 1.82 bits per heavy atom. The van der Waals surface area contributed by atoms with Crippen molar-refractivity contribution in [1.82, 2.24) is 19.8 Å². The number of hydrogen-bond acceptors (Lipinski definition) is 5. The Morgan fingerprint density at radius 1 is 1.14 bits per heavy atom. The highest BCUT2D eigenvalue weighted by atomic mass is 32.2. The normalized spacial score (nSPS) is 16.6. The number of aromatic nitrogens is 2. The molecule has 0 N–H and O–H groups in total. The third-order valence-corrected chi connectivity index (χ3v) is 4.79. The minimum absolute atomic E-state index is 0.253. The maximum atomic E-state index is 12.4. The van der Waals surface area contributed by atoms with E-state index in [0.29, 0.717) is 6.42 Å². The first-order valence-corrected chi connectivity index (χ1v) is 9.08. The molecular formula is C16H26N4OS. The van der Waals surface area contributed by atoms with E-state index >= 15 is 0 Å². The van der Waals surface area contributed by atoms with Crippen molar-refractivity contribution >= 4 is 17.7 Å². The van der Waals surface area contributed by atoms with Crippen LogP contribution >= 0.6 is 11.8 Å². The highest BCUT2D eigenvalue weighted by Crippen LogP contribution is 2.17. The van der Waals surface area contributed by atoms with Crippen LogP contribution in [0.5, 0.6) is 0 Å². The van der Waals surface area contributed by atoms with Crippen LogP contribution in [0, 0.1) is 13.8 Å². The van der Waals surface area contributed by atoms with Crippen molar-refractivity contribution < 1.29 is 4.79 Å². The molecule has 0 unspecified atom stereocenters. The lowest BCUT2D eigenvalue weighted by Crippen LogP contribution is -2.34. The molecule has 0 aliphatic carbocycles. The summed E-state index contributed by atoms with van der Waals surface area (Å²) in [6.45, 7) is 7.78. The molecule has 1 aromatic rings. The van der Waals surface area contributed by atoms with E-state index < -0.39 is 0 Å². The largest absolute Gasteiger partial charge is 0.341 e. The molecule has 22 heavy (non-hydrogen) atoms. The number of aryl methyl sites for hydroxylation is 2. The number of carbonyl (C=O) groups is 1. The van der Waals surface area contributed by atoms with Gasteiger partial charge in [-0.15, -0.1) is 0 Å². The van der Waals surface area contributed by atoms with Crippen molar-refractivity contribution in [3.63, 3.8) is 0 Å². The molecule has 1 fully saturated rings. The van der Waals surface area contributed by atoms with Gasteiger partial charge in [0.1, 0.15) is 0 Å². The topological polar surface area (TPSA) is 49.3 Å². The first kappa shape index (κ1) is 17.2. The summed E-state index contributed by atoms with van der Waals surface area (Å²) in [5.74, 6) is 0.253. The summed E-state index contributed by atoms with van der Waals surface area (Å²) in [6.07, 6.45) is 4.32. The molecule has 122 valence electrons. The Kier molecular flexibility index (Phi) is 6.20. The van der Waals surface area contributed by atoms with Gasteiger partial charge in [-0.1, -0.05) is 11.8 Å². The van der Waals surface area contributed by atoms with E-state index in [1.165, 1.54) is 0 Å². The average molecular weight is 322 g/mol. The van der Waals surface area contributed by atoms with E-state index in [1.807, 2.05) is 25.0 Å². The summed E-state index contributed by atoms with van der Waals surface area (Å²) in [5.41, 5.74) is 3.12. The van der Waals surface area contributed by atoms with Gasteiger partial charge in [-0.2, -0.15) is 0 Å². The molecule has 0 radical (unpaired) electrons. The molecule has 1 amide bonds. The van der Waals surface area contributed by atoms with Crippen molar-refractivity contribution in [2.75, 3.05) is 39.5 Å². The fourth-order valence-corrected chi connectivity index (χ4v) is 3.30. The zero-order valence-corrected chi connectivity index (χ0v) is 14.9. The molecule has 0 atom stereocenters. The van der Waals surface area contributed by atoms with E-state index in [9.17, 15) is 4.79 Å². The summed E-state index contributed by atoms with van der Waals surface area (Å²) in [5, 5.41) is 0.806. The predicted molar refractivity (Wildman–Crippen MR) is 90.3 cm³/mol. The van der Waals surface area contributed by atoms with Crippen molar-refractivity contribution in [3.05, 3.63) is 17.0 Å². The summed E-state index contributed by atoms with van der Waals surface area (Å²) in [6, 6.07) is 0. The zero-order valence-electron chi connectivity index (χ0n) is 14.1. The van der Waals surface area contributed by atoms with E-state index in [2.05, 4.69) is 21.9 Å². The number of hydrogen-bond donors (Lipinski definition) is 0. The standard InChI is InChI=1S/C16H26N4OS/c1-12-14(13(2)18-16(17-12)22-4)6-7-15(21)20-9-5-8-19(3)10-11-20/h5-11H2,1-4H3. The third kappa shape index (κ3) is 4.43. The lowest BCUT2D eigenvalue weighted by atomic mass is 10.1. The molecule has 2 rings (SSSR count). The van der Waals surface area contributed by atoms with Gasteiger partial charge in [-0.05, 0) is 52.1 Å². The molecule has 0 spiro atoms. The summed E-state index contributed by atoms with van der Waals surface area (Å²) >= 11 is 1.55. The van der Waals surface area contributed by atoms with E-state index in [1.54, 1.807) is 11.8 Å². The molecular weight excluding hydrogens is 296 g/mol. The number of nitrogens with zero attached hydrogens (tertiary/aromatic N) is 4. The Bertz CT molecular complexity index is 512. The van der Waals surface area contributed by atoms with Gasteiger partial charge in [0.2, 0.25) is 5.91 Å². The van der Waals surface area contributed by atoms with Crippen LogP contribution in [0.3, 0.4) is 0 Å². The van der Waals surface area contributed by atoms with Gasteiger partial charge in [0.15, 0.2) is 5.16 Å². The van der Waals surface area contributed by atoms with Gasteiger partial charge < -0.3 is 9.80 Å². The van der Waals surface area contributed by atoms with Crippen LogP contribution in [-0.2, 0) is 11.2 Å². The molecule has 2 heterocycles. The minimum Gasteiger partial charge on any atom is -0.341 e.